The Labute approximate surface area is 77.4 Å². The predicted molar refractivity (Wildman–Crippen MR) is 55.6 cm³/mol. The molecule has 2 nitrogen and oxygen atoms in total. The lowest BCUT2D eigenvalue weighted by Gasteiger charge is -2.03. The molecule has 2 rings (SSSR count). The monoisotopic (exact) mass is 172 g/mol. The number of hydrogen-bond acceptors (Lipinski definition) is 2. The van der Waals surface area contributed by atoms with Gasteiger partial charge in [-0.15, -0.1) is 0 Å². The Morgan fingerprint density at radius 2 is 1.92 bits per heavy atom. The summed E-state index contributed by atoms with van der Waals surface area (Å²) in [5, 5.41) is 1.18. The van der Waals surface area contributed by atoms with Gasteiger partial charge in [0.1, 0.15) is 5.82 Å². The van der Waals surface area contributed by atoms with E-state index in [-0.39, 0.29) is 0 Å². The molecule has 0 spiro atoms. The molecule has 0 saturated heterocycles. The zero-order valence-electron chi connectivity index (χ0n) is 7.83. The van der Waals surface area contributed by atoms with Crippen molar-refractivity contribution in [2.45, 2.75) is 13.8 Å². The summed E-state index contributed by atoms with van der Waals surface area (Å²) in [4.78, 5) is 4.28. The Hall–Kier alpha value is -1.57. The quantitative estimate of drug-likeness (QED) is 0.662. The SMILES string of the molecule is Cc1cc(C)c2ccc(N)nc2c1. The first-order valence-corrected chi connectivity index (χ1v) is 4.30. The van der Waals surface area contributed by atoms with Gasteiger partial charge in [0.05, 0.1) is 5.52 Å². The maximum atomic E-state index is 5.61. The highest BCUT2D eigenvalue weighted by Gasteiger charge is 1.99. The van der Waals surface area contributed by atoms with E-state index in [2.05, 4.69) is 31.0 Å². The van der Waals surface area contributed by atoms with Crippen LogP contribution in [0, 0.1) is 13.8 Å². The molecule has 13 heavy (non-hydrogen) atoms. The number of aryl methyl sites for hydroxylation is 2. The van der Waals surface area contributed by atoms with Crippen LogP contribution in [0.5, 0.6) is 0 Å². The molecule has 1 heterocycles. The normalized spacial score (nSPS) is 10.6. The van der Waals surface area contributed by atoms with Gasteiger partial charge >= 0.3 is 0 Å². The van der Waals surface area contributed by atoms with Crippen molar-refractivity contribution in [3.8, 4) is 0 Å². The number of hydrogen-bond donors (Lipinski definition) is 1. The van der Waals surface area contributed by atoms with Gasteiger partial charge in [0.2, 0.25) is 0 Å². The van der Waals surface area contributed by atoms with Gasteiger partial charge in [-0.1, -0.05) is 6.07 Å². The predicted octanol–water partition coefficient (Wildman–Crippen LogP) is 2.43. The van der Waals surface area contributed by atoms with Crippen LogP contribution >= 0.6 is 0 Å². The number of nitrogens with zero attached hydrogens (tertiary/aromatic N) is 1. The van der Waals surface area contributed by atoms with Crippen LogP contribution < -0.4 is 5.73 Å². The van der Waals surface area contributed by atoms with Crippen LogP contribution in [0.1, 0.15) is 11.1 Å². The molecule has 0 unspecified atom stereocenters. The first-order chi connectivity index (χ1) is 6.16. The van der Waals surface area contributed by atoms with Crippen molar-refractivity contribution in [3.05, 3.63) is 35.4 Å². The fourth-order valence-corrected chi connectivity index (χ4v) is 1.61. The summed E-state index contributed by atoms with van der Waals surface area (Å²) in [6.45, 7) is 4.16. The smallest absolute Gasteiger partial charge is 0.124 e. The Morgan fingerprint density at radius 3 is 2.69 bits per heavy atom. The second kappa shape index (κ2) is 2.73. The summed E-state index contributed by atoms with van der Waals surface area (Å²) in [6.07, 6.45) is 0. The number of pyridine rings is 1. The van der Waals surface area contributed by atoms with Crippen molar-refractivity contribution in [2.75, 3.05) is 5.73 Å². The van der Waals surface area contributed by atoms with Crippen molar-refractivity contribution in [1.82, 2.24) is 4.98 Å². The second-order valence-electron chi connectivity index (χ2n) is 3.38. The molecule has 0 atom stereocenters. The number of rotatable bonds is 0. The number of nitrogen functional groups attached to an aromatic ring is 1. The molecule has 2 N–H and O–H groups in total. The third-order valence-corrected chi connectivity index (χ3v) is 2.18. The molecule has 0 radical (unpaired) electrons. The Balaban J connectivity index is 2.86. The Bertz CT molecular complexity index is 456. The van der Waals surface area contributed by atoms with Gasteiger partial charge in [-0.05, 0) is 43.2 Å². The molecule has 0 aliphatic carbocycles. The number of fused-ring (bicyclic) bond motifs is 1. The topological polar surface area (TPSA) is 38.9 Å². The number of aromatic nitrogens is 1. The summed E-state index contributed by atoms with van der Waals surface area (Å²) < 4.78 is 0. The van der Waals surface area contributed by atoms with Crippen LogP contribution in [0.25, 0.3) is 10.9 Å². The lowest BCUT2D eigenvalue weighted by Crippen LogP contribution is -1.91. The minimum atomic E-state index is 0.581. The van der Waals surface area contributed by atoms with E-state index in [0.717, 1.165) is 5.52 Å². The number of nitrogens with two attached hydrogens (primary N) is 1. The number of anilines is 1. The van der Waals surface area contributed by atoms with Crippen molar-refractivity contribution < 1.29 is 0 Å². The molecule has 0 aliphatic heterocycles. The molecular weight excluding hydrogens is 160 g/mol. The van der Waals surface area contributed by atoms with E-state index in [0.29, 0.717) is 5.82 Å². The van der Waals surface area contributed by atoms with Crippen molar-refractivity contribution >= 4 is 16.7 Å². The van der Waals surface area contributed by atoms with Gasteiger partial charge in [-0.2, -0.15) is 0 Å². The van der Waals surface area contributed by atoms with Crippen LogP contribution in [0.4, 0.5) is 5.82 Å². The van der Waals surface area contributed by atoms with Crippen molar-refractivity contribution in [1.29, 1.82) is 0 Å². The van der Waals surface area contributed by atoms with Crippen LogP contribution in [0.15, 0.2) is 24.3 Å². The van der Waals surface area contributed by atoms with Crippen molar-refractivity contribution in [3.63, 3.8) is 0 Å². The summed E-state index contributed by atoms with van der Waals surface area (Å²) in [5.41, 5.74) is 9.07. The van der Waals surface area contributed by atoms with Crippen molar-refractivity contribution in [2.24, 2.45) is 0 Å². The molecule has 1 aromatic heterocycles. The maximum Gasteiger partial charge on any atom is 0.124 e. The highest BCUT2D eigenvalue weighted by atomic mass is 14.8. The van der Waals surface area contributed by atoms with E-state index in [1.807, 2.05) is 12.1 Å². The molecule has 2 aromatic rings. The highest BCUT2D eigenvalue weighted by Crippen LogP contribution is 2.19. The summed E-state index contributed by atoms with van der Waals surface area (Å²) in [5.74, 6) is 0.581. The van der Waals surface area contributed by atoms with Crippen LogP contribution in [0.3, 0.4) is 0 Å². The third-order valence-electron chi connectivity index (χ3n) is 2.18. The lowest BCUT2D eigenvalue weighted by molar-refractivity contribution is 1.36. The van der Waals surface area contributed by atoms with Crippen LogP contribution in [0.2, 0.25) is 0 Å². The molecule has 0 fully saturated rings. The fraction of sp³-hybridized carbons (Fsp3) is 0.182. The molecule has 0 aliphatic rings. The third kappa shape index (κ3) is 1.35. The van der Waals surface area contributed by atoms with Gasteiger partial charge < -0.3 is 5.73 Å². The van der Waals surface area contributed by atoms with Crippen LogP contribution in [-0.4, -0.2) is 4.98 Å². The zero-order chi connectivity index (χ0) is 9.42. The van der Waals surface area contributed by atoms with Gasteiger partial charge in [0, 0.05) is 5.39 Å². The minimum Gasteiger partial charge on any atom is -0.384 e. The van der Waals surface area contributed by atoms with E-state index < -0.39 is 0 Å². The zero-order valence-corrected chi connectivity index (χ0v) is 7.83. The van der Waals surface area contributed by atoms with Gasteiger partial charge in [0.15, 0.2) is 0 Å². The Morgan fingerprint density at radius 1 is 1.15 bits per heavy atom. The van der Waals surface area contributed by atoms with Gasteiger partial charge in [-0.25, -0.2) is 4.98 Å². The molecule has 66 valence electrons. The molecule has 0 bridgehead atoms. The minimum absolute atomic E-state index is 0.581. The first kappa shape index (κ1) is 8.05. The van der Waals surface area contributed by atoms with E-state index in [1.165, 1.54) is 16.5 Å². The average Bonchev–Trinajstić information content (AvgIpc) is 2.02. The second-order valence-corrected chi connectivity index (χ2v) is 3.38. The summed E-state index contributed by atoms with van der Waals surface area (Å²) >= 11 is 0. The molecule has 0 amide bonds. The first-order valence-electron chi connectivity index (χ1n) is 4.30. The Kier molecular flexibility index (Phi) is 1.69. The van der Waals surface area contributed by atoms with E-state index >= 15 is 0 Å². The lowest BCUT2D eigenvalue weighted by atomic mass is 10.1. The molecule has 2 heteroatoms. The van der Waals surface area contributed by atoms with Gasteiger partial charge in [0.25, 0.3) is 0 Å². The maximum absolute atomic E-state index is 5.61. The largest absolute Gasteiger partial charge is 0.384 e. The highest BCUT2D eigenvalue weighted by molar-refractivity contribution is 5.83. The molecular formula is C11H12N2. The average molecular weight is 172 g/mol. The van der Waals surface area contributed by atoms with Crippen LogP contribution in [-0.2, 0) is 0 Å². The molecule has 0 saturated carbocycles. The van der Waals surface area contributed by atoms with E-state index in [4.69, 9.17) is 5.73 Å². The van der Waals surface area contributed by atoms with Gasteiger partial charge in [-0.3, -0.25) is 0 Å². The summed E-state index contributed by atoms with van der Waals surface area (Å²) in [7, 11) is 0. The van der Waals surface area contributed by atoms with E-state index in [1.54, 1.807) is 0 Å². The molecule has 1 aromatic carbocycles. The fourth-order valence-electron chi connectivity index (χ4n) is 1.61. The standard InChI is InChI=1S/C11H12N2/c1-7-5-8(2)9-3-4-11(12)13-10(9)6-7/h3-6H,1-2H3,(H2,12,13). The summed E-state index contributed by atoms with van der Waals surface area (Å²) in [6, 6.07) is 8.07. The van der Waals surface area contributed by atoms with E-state index in [9.17, 15) is 0 Å². The number of benzene rings is 1.